The lowest BCUT2D eigenvalue weighted by atomic mass is 9.97. The standard InChI is InChI=1S/C14H20N2O3S/c1-14(16,13(15)17)5-2-8-20-10-3-4-11-12(9-10)19-7-6-18-11/h3-4,9H,2,5-8,16H2,1H3,(H2,15,17). The number of hydrogen-bond acceptors (Lipinski definition) is 5. The number of fused-ring (bicyclic) bond motifs is 1. The van der Waals surface area contributed by atoms with Crippen molar-refractivity contribution >= 4 is 17.7 Å². The van der Waals surface area contributed by atoms with Gasteiger partial charge in [0.2, 0.25) is 5.91 Å². The summed E-state index contributed by atoms with van der Waals surface area (Å²) >= 11 is 1.70. The van der Waals surface area contributed by atoms with Gasteiger partial charge in [0.15, 0.2) is 11.5 Å². The SMILES string of the molecule is CC(N)(CCCSc1ccc2c(c1)OCCO2)C(N)=O. The van der Waals surface area contributed by atoms with E-state index in [0.717, 1.165) is 28.6 Å². The normalized spacial score (nSPS) is 16.5. The second-order valence-electron chi connectivity index (χ2n) is 5.04. The Balaban J connectivity index is 1.81. The summed E-state index contributed by atoms with van der Waals surface area (Å²) in [6, 6.07) is 5.91. The van der Waals surface area contributed by atoms with E-state index in [1.54, 1.807) is 18.7 Å². The summed E-state index contributed by atoms with van der Waals surface area (Å²) in [7, 11) is 0. The molecule has 2 rings (SSSR count). The first kappa shape index (κ1) is 15.0. The third-order valence-corrected chi connectivity index (χ3v) is 4.27. The van der Waals surface area contributed by atoms with Crippen molar-refractivity contribution < 1.29 is 14.3 Å². The van der Waals surface area contributed by atoms with Gasteiger partial charge in [-0.25, -0.2) is 0 Å². The van der Waals surface area contributed by atoms with Gasteiger partial charge in [-0.2, -0.15) is 0 Å². The molecule has 0 saturated heterocycles. The van der Waals surface area contributed by atoms with Gasteiger partial charge in [-0.05, 0) is 43.7 Å². The van der Waals surface area contributed by atoms with Gasteiger partial charge in [0.1, 0.15) is 13.2 Å². The molecule has 110 valence electrons. The van der Waals surface area contributed by atoms with Crippen molar-refractivity contribution in [2.45, 2.75) is 30.2 Å². The van der Waals surface area contributed by atoms with Gasteiger partial charge in [-0.15, -0.1) is 11.8 Å². The minimum absolute atomic E-state index is 0.457. The Kier molecular flexibility index (Phi) is 4.77. The molecule has 6 heteroatoms. The maximum absolute atomic E-state index is 11.1. The van der Waals surface area contributed by atoms with Gasteiger partial charge in [0.25, 0.3) is 0 Å². The summed E-state index contributed by atoms with van der Waals surface area (Å²) in [5.41, 5.74) is 10.1. The molecule has 0 radical (unpaired) electrons. The highest BCUT2D eigenvalue weighted by Crippen LogP contribution is 2.34. The molecule has 20 heavy (non-hydrogen) atoms. The number of nitrogens with two attached hydrogens (primary N) is 2. The van der Waals surface area contributed by atoms with E-state index in [1.165, 1.54) is 0 Å². The number of carbonyl (C=O) groups excluding carboxylic acids is 1. The highest BCUT2D eigenvalue weighted by molar-refractivity contribution is 7.99. The van der Waals surface area contributed by atoms with Crippen LogP contribution in [0.25, 0.3) is 0 Å². The summed E-state index contributed by atoms with van der Waals surface area (Å²) in [5.74, 6) is 2.01. The smallest absolute Gasteiger partial charge is 0.237 e. The molecule has 0 aromatic heterocycles. The number of benzene rings is 1. The molecule has 1 aliphatic heterocycles. The molecule has 1 heterocycles. The van der Waals surface area contributed by atoms with Crippen molar-refractivity contribution in [2.24, 2.45) is 11.5 Å². The van der Waals surface area contributed by atoms with E-state index in [4.69, 9.17) is 20.9 Å². The zero-order chi connectivity index (χ0) is 14.6. The number of thioether (sulfide) groups is 1. The molecule has 4 N–H and O–H groups in total. The Hall–Kier alpha value is -1.40. The van der Waals surface area contributed by atoms with Crippen molar-refractivity contribution in [3.8, 4) is 11.5 Å². The van der Waals surface area contributed by atoms with Crippen LogP contribution < -0.4 is 20.9 Å². The summed E-state index contributed by atoms with van der Waals surface area (Å²) < 4.78 is 11.0. The third kappa shape index (κ3) is 3.80. The highest BCUT2D eigenvalue weighted by atomic mass is 32.2. The second-order valence-corrected chi connectivity index (χ2v) is 6.21. The minimum Gasteiger partial charge on any atom is -0.486 e. The van der Waals surface area contributed by atoms with E-state index >= 15 is 0 Å². The largest absolute Gasteiger partial charge is 0.486 e. The van der Waals surface area contributed by atoms with E-state index in [0.29, 0.717) is 19.6 Å². The summed E-state index contributed by atoms with van der Waals surface area (Å²) in [5, 5.41) is 0. The predicted octanol–water partition coefficient (Wildman–Crippen LogP) is 1.53. The maximum atomic E-state index is 11.1. The van der Waals surface area contributed by atoms with E-state index in [2.05, 4.69) is 0 Å². The lowest BCUT2D eigenvalue weighted by molar-refractivity contribution is -0.122. The first-order valence-corrected chi connectivity index (χ1v) is 7.59. The molecule has 1 aromatic rings. The van der Waals surface area contributed by atoms with Crippen LogP contribution in [-0.4, -0.2) is 30.4 Å². The monoisotopic (exact) mass is 296 g/mol. The van der Waals surface area contributed by atoms with Crippen molar-refractivity contribution in [3.63, 3.8) is 0 Å². The zero-order valence-electron chi connectivity index (χ0n) is 11.6. The number of rotatable bonds is 6. The lowest BCUT2D eigenvalue weighted by Gasteiger charge is -2.20. The average molecular weight is 296 g/mol. The lowest BCUT2D eigenvalue weighted by Crippen LogP contribution is -2.49. The summed E-state index contributed by atoms with van der Waals surface area (Å²) in [6.07, 6.45) is 1.41. The molecule has 1 unspecified atom stereocenters. The molecule has 1 atom stereocenters. The van der Waals surface area contributed by atoms with Gasteiger partial charge >= 0.3 is 0 Å². The molecule has 0 saturated carbocycles. The van der Waals surface area contributed by atoms with Crippen LogP contribution in [0.5, 0.6) is 11.5 Å². The average Bonchev–Trinajstić information content (AvgIpc) is 2.43. The number of ether oxygens (including phenoxy) is 2. The van der Waals surface area contributed by atoms with E-state index < -0.39 is 11.4 Å². The Morgan fingerprint density at radius 2 is 2.05 bits per heavy atom. The topological polar surface area (TPSA) is 87.6 Å². The molecule has 1 aromatic carbocycles. The fraction of sp³-hybridized carbons (Fsp3) is 0.500. The van der Waals surface area contributed by atoms with Crippen LogP contribution in [-0.2, 0) is 4.79 Å². The van der Waals surface area contributed by atoms with Gasteiger partial charge in [-0.1, -0.05) is 0 Å². The molecular weight excluding hydrogens is 276 g/mol. The number of amides is 1. The van der Waals surface area contributed by atoms with Crippen LogP contribution in [0.4, 0.5) is 0 Å². The van der Waals surface area contributed by atoms with Crippen molar-refractivity contribution in [1.82, 2.24) is 0 Å². The number of hydrogen-bond donors (Lipinski definition) is 2. The summed E-state index contributed by atoms with van der Waals surface area (Å²) in [6.45, 7) is 2.86. The van der Waals surface area contributed by atoms with Crippen molar-refractivity contribution in [2.75, 3.05) is 19.0 Å². The minimum atomic E-state index is -0.923. The molecule has 0 aliphatic carbocycles. The van der Waals surface area contributed by atoms with Gasteiger partial charge < -0.3 is 20.9 Å². The van der Waals surface area contributed by atoms with E-state index in [1.807, 2.05) is 18.2 Å². The Morgan fingerprint density at radius 3 is 2.75 bits per heavy atom. The third-order valence-electron chi connectivity index (χ3n) is 3.19. The van der Waals surface area contributed by atoms with Crippen molar-refractivity contribution in [1.29, 1.82) is 0 Å². The second kappa shape index (κ2) is 6.37. The van der Waals surface area contributed by atoms with Crippen LogP contribution in [0, 0.1) is 0 Å². The van der Waals surface area contributed by atoms with Crippen molar-refractivity contribution in [3.05, 3.63) is 18.2 Å². The molecular formula is C14H20N2O3S. The van der Waals surface area contributed by atoms with Gasteiger partial charge in [0, 0.05) is 4.90 Å². The van der Waals surface area contributed by atoms with Crippen LogP contribution in [0.2, 0.25) is 0 Å². The van der Waals surface area contributed by atoms with Crippen LogP contribution in [0.3, 0.4) is 0 Å². The molecule has 0 spiro atoms. The first-order valence-electron chi connectivity index (χ1n) is 6.60. The fourth-order valence-electron chi connectivity index (χ4n) is 1.87. The Bertz CT molecular complexity index is 491. The van der Waals surface area contributed by atoms with Gasteiger partial charge in [-0.3, -0.25) is 4.79 Å². The molecule has 1 amide bonds. The van der Waals surface area contributed by atoms with E-state index in [-0.39, 0.29) is 0 Å². The van der Waals surface area contributed by atoms with E-state index in [9.17, 15) is 4.79 Å². The molecule has 0 fully saturated rings. The highest BCUT2D eigenvalue weighted by Gasteiger charge is 2.24. The number of carbonyl (C=O) groups is 1. The molecule has 1 aliphatic rings. The zero-order valence-corrected chi connectivity index (χ0v) is 12.4. The fourth-order valence-corrected chi connectivity index (χ4v) is 2.75. The summed E-state index contributed by atoms with van der Waals surface area (Å²) in [4.78, 5) is 12.2. The molecule has 5 nitrogen and oxygen atoms in total. The van der Waals surface area contributed by atoms with Gasteiger partial charge in [0.05, 0.1) is 5.54 Å². The quantitative estimate of drug-likeness (QED) is 0.614. The number of primary amides is 1. The van der Waals surface area contributed by atoms with Crippen LogP contribution >= 0.6 is 11.8 Å². The Labute approximate surface area is 123 Å². The predicted molar refractivity (Wildman–Crippen MR) is 79.2 cm³/mol. The first-order chi connectivity index (χ1) is 9.49. The Morgan fingerprint density at radius 1 is 1.35 bits per heavy atom. The van der Waals surface area contributed by atoms with Crippen LogP contribution in [0.1, 0.15) is 19.8 Å². The maximum Gasteiger partial charge on any atom is 0.237 e. The molecule has 0 bridgehead atoms. The van der Waals surface area contributed by atoms with Crippen LogP contribution in [0.15, 0.2) is 23.1 Å².